The number of aryl methyl sites for hydroxylation is 1. The van der Waals surface area contributed by atoms with E-state index in [0.717, 1.165) is 25.1 Å². The van der Waals surface area contributed by atoms with E-state index in [-0.39, 0.29) is 11.7 Å². The molecule has 0 radical (unpaired) electrons. The number of benzene rings is 1. The van der Waals surface area contributed by atoms with E-state index >= 15 is 0 Å². The molecule has 0 atom stereocenters. The van der Waals surface area contributed by atoms with Crippen LogP contribution in [0, 0.1) is 11.3 Å². The molecule has 9 heteroatoms. The Hall–Kier alpha value is -3.64. The zero-order chi connectivity index (χ0) is 22.1. The molecule has 1 aromatic carbocycles. The lowest BCUT2D eigenvalue weighted by molar-refractivity contribution is 0.313. The molecule has 1 aliphatic carbocycles. The second-order valence-corrected chi connectivity index (χ2v) is 8.46. The summed E-state index contributed by atoms with van der Waals surface area (Å²) in [6.45, 7) is 2.48. The number of nitriles is 1. The van der Waals surface area contributed by atoms with Crippen LogP contribution >= 0.6 is 0 Å². The second-order valence-electron chi connectivity index (χ2n) is 8.46. The normalized spacial score (nSPS) is 15.8. The molecule has 2 aromatic heterocycles. The minimum Gasteiger partial charge on any atom is -0.433 e. The standard InChI is InChI=1S/C23H26N8O/c1-30-8-5-19-16(13-30)9-15(10-20(19)28-17-3-4-17)21-12-26-22(25)23(29-21)32-18-11-27-31(14-18)7-2-6-24/h9-12,14,17,28H,2-5,7-8,13H2,1H3,(H2,25,26). The highest BCUT2D eigenvalue weighted by Gasteiger charge is 2.25. The molecule has 0 amide bonds. The van der Waals surface area contributed by atoms with E-state index in [1.54, 1.807) is 23.3 Å². The molecular weight excluding hydrogens is 404 g/mol. The first kappa shape index (κ1) is 20.3. The fourth-order valence-corrected chi connectivity index (χ4v) is 3.96. The Bertz CT molecular complexity index is 1180. The number of hydrogen-bond acceptors (Lipinski definition) is 8. The summed E-state index contributed by atoms with van der Waals surface area (Å²) in [4.78, 5) is 11.3. The summed E-state index contributed by atoms with van der Waals surface area (Å²) in [6, 6.07) is 7.05. The third-order valence-electron chi connectivity index (χ3n) is 5.80. The minimum atomic E-state index is 0.215. The van der Waals surface area contributed by atoms with Gasteiger partial charge in [-0.15, -0.1) is 0 Å². The monoisotopic (exact) mass is 430 g/mol. The van der Waals surface area contributed by atoms with Crippen LogP contribution in [-0.2, 0) is 19.5 Å². The third kappa shape index (κ3) is 4.36. The van der Waals surface area contributed by atoms with Gasteiger partial charge >= 0.3 is 0 Å². The van der Waals surface area contributed by atoms with Gasteiger partial charge in [0.15, 0.2) is 11.6 Å². The van der Waals surface area contributed by atoms with Gasteiger partial charge in [0.1, 0.15) is 0 Å². The molecule has 9 nitrogen and oxygen atoms in total. The number of ether oxygens (including phenoxy) is 1. The van der Waals surface area contributed by atoms with Gasteiger partial charge in [-0.05, 0) is 49.6 Å². The number of nitrogens with zero attached hydrogens (tertiary/aromatic N) is 6. The lowest BCUT2D eigenvalue weighted by Gasteiger charge is -2.28. The zero-order valence-corrected chi connectivity index (χ0v) is 18.1. The maximum Gasteiger partial charge on any atom is 0.263 e. The molecule has 0 saturated heterocycles. The summed E-state index contributed by atoms with van der Waals surface area (Å²) in [5.41, 5.74) is 11.7. The van der Waals surface area contributed by atoms with E-state index in [9.17, 15) is 0 Å². The molecule has 164 valence electrons. The third-order valence-corrected chi connectivity index (χ3v) is 5.80. The Morgan fingerprint density at radius 3 is 3.00 bits per heavy atom. The molecular formula is C23H26N8O. The number of likely N-dealkylation sites (N-methyl/N-ethyl adjacent to an activating group) is 1. The average Bonchev–Trinajstić information content (AvgIpc) is 3.49. The number of hydrogen-bond donors (Lipinski definition) is 2. The molecule has 2 aliphatic rings. The topological polar surface area (TPSA) is 118 Å². The summed E-state index contributed by atoms with van der Waals surface area (Å²) in [7, 11) is 2.15. The molecule has 1 aliphatic heterocycles. The van der Waals surface area contributed by atoms with Crippen LogP contribution in [-0.4, -0.2) is 44.3 Å². The minimum absolute atomic E-state index is 0.215. The van der Waals surface area contributed by atoms with Gasteiger partial charge in [0.2, 0.25) is 0 Å². The molecule has 5 rings (SSSR count). The molecule has 1 fully saturated rings. The van der Waals surface area contributed by atoms with Crippen molar-refractivity contribution in [2.45, 2.75) is 44.8 Å². The van der Waals surface area contributed by atoms with Crippen LogP contribution in [0.4, 0.5) is 11.5 Å². The number of rotatable bonds is 7. The summed E-state index contributed by atoms with van der Waals surface area (Å²) < 4.78 is 7.53. The first-order chi connectivity index (χ1) is 15.6. The van der Waals surface area contributed by atoms with Gasteiger partial charge < -0.3 is 20.7 Å². The van der Waals surface area contributed by atoms with E-state index in [1.165, 1.54) is 29.7 Å². The smallest absolute Gasteiger partial charge is 0.263 e. The summed E-state index contributed by atoms with van der Waals surface area (Å²) in [5, 5.41) is 16.6. The first-order valence-corrected chi connectivity index (χ1v) is 10.9. The summed E-state index contributed by atoms with van der Waals surface area (Å²) in [6.07, 6.45) is 8.85. The van der Waals surface area contributed by atoms with Crippen molar-refractivity contribution < 1.29 is 4.74 Å². The fraction of sp³-hybridized carbons (Fsp3) is 0.391. The van der Waals surface area contributed by atoms with Crippen molar-refractivity contribution in [1.82, 2.24) is 24.6 Å². The van der Waals surface area contributed by atoms with Crippen molar-refractivity contribution in [3.63, 3.8) is 0 Å². The molecule has 3 aromatic rings. The van der Waals surface area contributed by atoms with Crippen molar-refractivity contribution in [1.29, 1.82) is 5.26 Å². The number of nitrogens with two attached hydrogens (primary N) is 1. The second kappa shape index (κ2) is 8.48. The maximum absolute atomic E-state index is 8.74. The molecule has 3 N–H and O–H groups in total. The van der Waals surface area contributed by atoms with E-state index in [4.69, 9.17) is 15.7 Å². The Morgan fingerprint density at radius 2 is 2.19 bits per heavy atom. The number of anilines is 2. The zero-order valence-electron chi connectivity index (χ0n) is 18.1. The molecule has 0 bridgehead atoms. The molecule has 0 unspecified atom stereocenters. The molecule has 0 spiro atoms. The van der Waals surface area contributed by atoms with Crippen LogP contribution in [0.2, 0.25) is 0 Å². The Balaban J connectivity index is 1.45. The number of nitrogen functional groups attached to an aromatic ring is 1. The van der Waals surface area contributed by atoms with E-state index in [0.29, 0.717) is 30.5 Å². The quantitative estimate of drug-likeness (QED) is 0.587. The lowest BCUT2D eigenvalue weighted by Crippen LogP contribution is -2.27. The van der Waals surface area contributed by atoms with Crippen LogP contribution in [0.25, 0.3) is 11.3 Å². The Morgan fingerprint density at radius 1 is 1.31 bits per heavy atom. The largest absolute Gasteiger partial charge is 0.433 e. The number of nitrogens with one attached hydrogen (secondary N) is 1. The van der Waals surface area contributed by atoms with Gasteiger partial charge in [-0.2, -0.15) is 10.4 Å². The Kier molecular flexibility index (Phi) is 5.37. The van der Waals surface area contributed by atoms with Crippen LogP contribution in [0.1, 0.15) is 30.4 Å². The summed E-state index contributed by atoms with van der Waals surface area (Å²) in [5.74, 6) is 0.964. The van der Waals surface area contributed by atoms with Gasteiger partial charge in [-0.1, -0.05) is 0 Å². The van der Waals surface area contributed by atoms with Gasteiger partial charge in [-0.25, -0.2) is 9.97 Å². The lowest BCUT2D eigenvalue weighted by atomic mass is 9.94. The summed E-state index contributed by atoms with van der Waals surface area (Å²) >= 11 is 0. The number of aromatic nitrogens is 4. The van der Waals surface area contributed by atoms with E-state index in [2.05, 4.69) is 50.5 Å². The molecule has 3 heterocycles. The molecule has 32 heavy (non-hydrogen) atoms. The average molecular weight is 431 g/mol. The van der Waals surface area contributed by atoms with Gasteiger partial charge in [0.05, 0.1) is 43.3 Å². The highest BCUT2D eigenvalue weighted by Crippen LogP contribution is 2.36. The van der Waals surface area contributed by atoms with Crippen molar-refractivity contribution in [3.8, 4) is 29.0 Å². The fourth-order valence-electron chi connectivity index (χ4n) is 3.96. The highest BCUT2D eigenvalue weighted by atomic mass is 16.5. The van der Waals surface area contributed by atoms with Crippen molar-refractivity contribution >= 4 is 11.5 Å². The number of fused-ring (bicyclic) bond motifs is 1. The predicted octanol–water partition coefficient (Wildman–Crippen LogP) is 3.19. The van der Waals surface area contributed by atoms with Crippen LogP contribution in [0.5, 0.6) is 11.6 Å². The molecule has 1 saturated carbocycles. The van der Waals surface area contributed by atoms with Crippen molar-refractivity contribution in [3.05, 3.63) is 41.9 Å². The first-order valence-electron chi connectivity index (χ1n) is 10.9. The van der Waals surface area contributed by atoms with Crippen molar-refractivity contribution in [2.24, 2.45) is 0 Å². The van der Waals surface area contributed by atoms with Crippen LogP contribution in [0.15, 0.2) is 30.7 Å². The highest BCUT2D eigenvalue weighted by molar-refractivity contribution is 5.71. The van der Waals surface area contributed by atoms with Crippen molar-refractivity contribution in [2.75, 3.05) is 24.6 Å². The predicted molar refractivity (Wildman–Crippen MR) is 121 cm³/mol. The SMILES string of the molecule is CN1CCc2c(cc(-c3cnc(N)c(Oc4cnn(CCC#N)c4)n3)cc2NC2CC2)C1. The van der Waals surface area contributed by atoms with E-state index in [1.807, 2.05) is 0 Å². The van der Waals surface area contributed by atoms with Gasteiger partial charge in [0, 0.05) is 30.4 Å². The maximum atomic E-state index is 8.74. The van der Waals surface area contributed by atoms with E-state index < -0.39 is 0 Å². The van der Waals surface area contributed by atoms with Crippen LogP contribution in [0.3, 0.4) is 0 Å². The van der Waals surface area contributed by atoms with Gasteiger partial charge in [-0.3, -0.25) is 4.68 Å². The van der Waals surface area contributed by atoms with Crippen LogP contribution < -0.4 is 15.8 Å². The Labute approximate surface area is 186 Å². The van der Waals surface area contributed by atoms with Gasteiger partial charge in [0.25, 0.3) is 5.88 Å².